The maximum absolute atomic E-state index is 12.4. The van der Waals surface area contributed by atoms with Gasteiger partial charge in [-0.2, -0.15) is 0 Å². The van der Waals surface area contributed by atoms with Crippen molar-refractivity contribution in [2.24, 2.45) is 0 Å². The number of carbonyl (C=O) groups excluding carboxylic acids is 1. The van der Waals surface area contributed by atoms with Gasteiger partial charge in [-0.3, -0.25) is 9.59 Å². The summed E-state index contributed by atoms with van der Waals surface area (Å²) in [6.45, 7) is -0.0985. The van der Waals surface area contributed by atoms with Crippen molar-refractivity contribution < 1.29 is 19.0 Å². The predicted molar refractivity (Wildman–Crippen MR) is 81.1 cm³/mol. The molecular weight excluding hydrogens is 286 g/mol. The van der Waals surface area contributed by atoms with Gasteiger partial charge in [-0.15, -0.1) is 0 Å². The molecule has 6 heteroatoms. The van der Waals surface area contributed by atoms with E-state index in [0.29, 0.717) is 17.1 Å². The standard InChI is InChI=1S/C16H17NO5/c1-20-11-6-7-12(15(9-11)22-3)13(18)10-17-8-4-5-14(21-2)16(17)19/h4-9H,10H2,1-3H3. The van der Waals surface area contributed by atoms with Gasteiger partial charge in [-0.05, 0) is 24.3 Å². The van der Waals surface area contributed by atoms with Gasteiger partial charge < -0.3 is 18.8 Å². The normalized spacial score (nSPS) is 10.1. The number of Topliss-reactive ketones (excluding diaryl/α,β-unsaturated/α-hetero) is 1. The maximum Gasteiger partial charge on any atom is 0.293 e. The van der Waals surface area contributed by atoms with Crippen molar-refractivity contribution in [3.05, 3.63) is 52.4 Å². The number of ether oxygens (including phenoxy) is 3. The minimum atomic E-state index is -0.356. The fraction of sp³-hybridized carbons (Fsp3) is 0.250. The molecule has 0 aliphatic carbocycles. The van der Waals surface area contributed by atoms with Crippen molar-refractivity contribution >= 4 is 5.78 Å². The van der Waals surface area contributed by atoms with E-state index in [0.717, 1.165) is 0 Å². The summed E-state index contributed by atoms with van der Waals surface area (Å²) >= 11 is 0. The van der Waals surface area contributed by atoms with Crippen LogP contribution in [0.3, 0.4) is 0 Å². The van der Waals surface area contributed by atoms with Crippen LogP contribution in [0, 0.1) is 0 Å². The molecule has 0 unspecified atom stereocenters. The van der Waals surface area contributed by atoms with E-state index in [1.54, 1.807) is 36.5 Å². The average Bonchev–Trinajstić information content (AvgIpc) is 2.56. The van der Waals surface area contributed by atoms with E-state index in [1.807, 2.05) is 0 Å². The second-order valence-electron chi connectivity index (χ2n) is 4.50. The molecule has 0 saturated heterocycles. The molecule has 1 heterocycles. The Morgan fingerprint density at radius 1 is 1.05 bits per heavy atom. The smallest absolute Gasteiger partial charge is 0.293 e. The van der Waals surface area contributed by atoms with Crippen LogP contribution in [0.1, 0.15) is 10.4 Å². The Hall–Kier alpha value is -2.76. The first-order chi connectivity index (χ1) is 10.6. The number of aromatic nitrogens is 1. The van der Waals surface area contributed by atoms with Crippen molar-refractivity contribution in [3.8, 4) is 17.2 Å². The number of pyridine rings is 1. The number of carbonyl (C=O) groups is 1. The Bertz CT molecular complexity index is 736. The quantitative estimate of drug-likeness (QED) is 0.761. The van der Waals surface area contributed by atoms with Gasteiger partial charge in [0.15, 0.2) is 11.5 Å². The molecular formula is C16H17NO5. The summed E-state index contributed by atoms with van der Waals surface area (Å²) in [5.74, 6) is 0.944. The van der Waals surface area contributed by atoms with Crippen molar-refractivity contribution in [3.63, 3.8) is 0 Å². The van der Waals surface area contributed by atoms with Gasteiger partial charge in [0.2, 0.25) is 0 Å². The summed E-state index contributed by atoms with van der Waals surface area (Å²) in [6.07, 6.45) is 1.54. The SMILES string of the molecule is COc1ccc(C(=O)Cn2cccc(OC)c2=O)c(OC)c1. The predicted octanol–water partition coefficient (Wildman–Crippen LogP) is 1.76. The number of hydrogen-bond acceptors (Lipinski definition) is 5. The monoisotopic (exact) mass is 303 g/mol. The van der Waals surface area contributed by atoms with Gasteiger partial charge >= 0.3 is 0 Å². The number of hydrogen-bond donors (Lipinski definition) is 0. The second kappa shape index (κ2) is 6.80. The lowest BCUT2D eigenvalue weighted by Crippen LogP contribution is -2.24. The van der Waals surface area contributed by atoms with E-state index in [4.69, 9.17) is 14.2 Å². The molecule has 0 aliphatic rings. The molecule has 2 rings (SSSR count). The Morgan fingerprint density at radius 3 is 2.41 bits per heavy atom. The zero-order chi connectivity index (χ0) is 16.1. The van der Waals surface area contributed by atoms with Crippen LogP contribution in [0.4, 0.5) is 0 Å². The minimum Gasteiger partial charge on any atom is -0.497 e. The number of nitrogens with zero attached hydrogens (tertiary/aromatic N) is 1. The summed E-state index contributed by atoms with van der Waals surface area (Å²) in [7, 11) is 4.42. The van der Waals surface area contributed by atoms with Gasteiger partial charge in [-0.25, -0.2) is 0 Å². The first-order valence-corrected chi connectivity index (χ1v) is 6.59. The fourth-order valence-electron chi connectivity index (χ4n) is 2.06. The zero-order valence-corrected chi connectivity index (χ0v) is 12.7. The molecule has 1 aromatic heterocycles. The summed E-state index contributed by atoms with van der Waals surface area (Å²) in [5, 5.41) is 0. The van der Waals surface area contributed by atoms with Crippen LogP contribution in [0.25, 0.3) is 0 Å². The van der Waals surface area contributed by atoms with Crippen LogP contribution in [0.15, 0.2) is 41.3 Å². The summed E-state index contributed by atoms with van der Waals surface area (Å²) in [5.41, 5.74) is 0.0313. The molecule has 1 aromatic carbocycles. The molecule has 0 fully saturated rings. The summed E-state index contributed by atoms with van der Waals surface area (Å²) in [4.78, 5) is 24.5. The molecule has 116 valence electrons. The average molecular weight is 303 g/mol. The Balaban J connectivity index is 2.32. The molecule has 0 radical (unpaired) electrons. The van der Waals surface area contributed by atoms with Crippen LogP contribution < -0.4 is 19.8 Å². The molecule has 0 bridgehead atoms. The highest BCUT2D eigenvalue weighted by Gasteiger charge is 2.15. The van der Waals surface area contributed by atoms with Gasteiger partial charge in [0.1, 0.15) is 11.5 Å². The van der Waals surface area contributed by atoms with Crippen molar-refractivity contribution in [2.45, 2.75) is 6.54 Å². The van der Waals surface area contributed by atoms with Crippen molar-refractivity contribution in [1.82, 2.24) is 4.57 Å². The van der Waals surface area contributed by atoms with Crippen molar-refractivity contribution in [1.29, 1.82) is 0 Å². The number of rotatable bonds is 6. The van der Waals surface area contributed by atoms with Gasteiger partial charge in [0, 0.05) is 12.3 Å². The Labute approximate surface area is 127 Å². The fourth-order valence-corrected chi connectivity index (χ4v) is 2.06. The molecule has 0 saturated carbocycles. The van der Waals surface area contributed by atoms with Gasteiger partial charge in [0.05, 0.1) is 33.4 Å². The third kappa shape index (κ3) is 3.11. The molecule has 2 aromatic rings. The van der Waals surface area contributed by atoms with Crippen molar-refractivity contribution in [2.75, 3.05) is 21.3 Å². The van der Waals surface area contributed by atoms with Crippen LogP contribution in [0.5, 0.6) is 17.2 Å². The number of methoxy groups -OCH3 is 3. The largest absolute Gasteiger partial charge is 0.497 e. The van der Waals surface area contributed by atoms with E-state index >= 15 is 0 Å². The first-order valence-electron chi connectivity index (χ1n) is 6.59. The number of benzene rings is 1. The van der Waals surface area contributed by atoms with Crippen LogP contribution in [-0.2, 0) is 6.54 Å². The highest BCUT2D eigenvalue weighted by Crippen LogP contribution is 2.25. The highest BCUT2D eigenvalue weighted by molar-refractivity contribution is 5.98. The summed E-state index contributed by atoms with van der Waals surface area (Å²) < 4.78 is 16.6. The van der Waals surface area contributed by atoms with E-state index in [-0.39, 0.29) is 23.6 Å². The van der Waals surface area contributed by atoms with Crippen LogP contribution in [0.2, 0.25) is 0 Å². The highest BCUT2D eigenvalue weighted by atomic mass is 16.5. The maximum atomic E-state index is 12.4. The van der Waals surface area contributed by atoms with Crippen LogP contribution >= 0.6 is 0 Å². The third-order valence-corrected chi connectivity index (χ3v) is 3.23. The lowest BCUT2D eigenvalue weighted by molar-refractivity contribution is 0.0967. The van der Waals surface area contributed by atoms with E-state index in [1.165, 1.54) is 25.9 Å². The third-order valence-electron chi connectivity index (χ3n) is 3.23. The van der Waals surface area contributed by atoms with Gasteiger partial charge in [-0.1, -0.05) is 0 Å². The zero-order valence-electron chi connectivity index (χ0n) is 12.7. The molecule has 0 amide bonds. The molecule has 0 aliphatic heterocycles. The molecule has 0 atom stereocenters. The topological polar surface area (TPSA) is 66.8 Å². The summed E-state index contributed by atoms with van der Waals surface area (Å²) in [6, 6.07) is 8.12. The minimum absolute atomic E-state index is 0.0985. The van der Waals surface area contributed by atoms with E-state index in [9.17, 15) is 9.59 Å². The first kappa shape index (κ1) is 15.6. The molecule has 22 heavy (non-hydrogen) atoms. The second-order valence-corrected chi connectivity index (χ2v) is 4.50. The molecule has 6 nitrogen and oxygen atoms in total. The number of ketones is 1. The lowest BCUT2D eigenvalue weighted by atomic mass is 10.1. The molecule has 0 spiro atoms. The lowest BCUT2D eigenvalue weighted by Gasteiger charge is -2.11. The van der Waals surface area contributed by atoms with E-state index in [2.05, 4.69) is 0 Å². The van der Waals surface area contributed by atoms with Gasteiger partial charge in [0.25, 0.3) is 5.56 Å². The van der Waals surface area contributed by atoms with Crippen LogP contribution in [-0.4, -0.2) is 31.7 Å². The Morgan fingerprint density at radius 2 is 1.77 bits per heavy atom. The molecule has 0 N–H and O–H groups in total. The van der Waals surface area contributed by atoms with E-state index < -0.39 is 0 Å². The Kier molecular flexibility index (Phi) is 4.83.